The average Bonchev–Trinajstić information content (AvgIpc) is 3.27. The summed E-state index contributed by atoms with van der Waals surface area (Å²) in [5, 5.41) is 5.16. The lowest BCUT2D eigenvalue weighted by Crippen LogP contribution is -2.14. The Morgan fingerprint density at radius 2 is 0.976 bits per heavy atom. The maximum absolute atomic E-state index is 2.43. The summed E-state index contributed by atoms with van der Waals surface area (Å²) in [7, 11) is 0. The number of benzene rings is 7. The molecule has 0 amide bonds. The normalized spacial score (nSPS) is 13.3. The van der Waals surface area contributed by atoms with Gasteiger partial charge in [0.05, 0.1) is 0 Å². The van der Waals surface area contributed by atoms with Gasteiger partial charge in [0.25, 0.3) is 0 Å². The van der Waals surface area contributed by atoms with E-state index in [0.29, 0.717) is 0 Å². The molecule has 0 heterocycles. The number of hydrogen-bond acceptors (Lipinski definition) is 0. The molecule has 0 aliphatic heterocycles. The van der Waals surface area contributed by atoms with E-state index in [1.807, 2.05) is 0 Å². The van der Waals surface area contributed by atoms with Crippen molar-refractivity contribution in [1.29, 1.82) is 0 Å². The van der Waals surface area contributed by atoms with E-state index in [0.717, 1.165) is 0 Å². The van der Waals surface area contributed by atoms with Crippen LogP contribution in [0.5, 0.6) is 0 Å². The van der Waals surface area contributed by atoms with E-state index in [9.17, 15) is 0 Å². The molecule has 7 aromatic rings. The van der Waals surface area contributed by atoms with Gasteiger partial charge in [-0.1, -0.05) is 153 Å². The summed E-state index contributed by atoms with van der Waals surface area (Å²) in [4.78, 5) is 0. The Morgan fingerprint density at radius 3 is 1.76 bits per heavy atom. The second-order valence-corrected chi connectivity index (χ2v) is 12.2. The molecule has 0 saturated heterocycles. The van der Waals surface area contributed by atoms with Crippen molar-refractivity contribution >= 4 is 21.5 Å². The van der Waals surface area contributed by atoms with Crippen LogP contribution in [-0.2, 0) is 5.41 Å². The highest BCUT2D eigenvalue weighted by Gasteiger charge is 2.37. The fourth-order valence-electron chi connectivity index (χ4n) is 7.27. The van der Waals surface area contributed by atoms with E-state index in [1.54, 1.807) is 0 Å². The van der Waals surface area contributed by atoms with Crippen molar-refractivity contribution in [2.75, 3.05) is 0 Å². The number of rotatable bonds is 3. The molecule has 0 fully saturated rings. The van der Waals surface area contributed by atoms with Crippen LogP contribution in [0.15, 0.2) is 140 Å². The first-order valence-corrected chi connectivity index (χ1v) is 14.9. The fraction of sp³-hybridized carbons (Fsp3) is 0.0952. The molecule has 7 aromatic carbocycles. The quantitative estimate of drug-likeness (QED) is 0.197. The largest absolute Gasteiger partial charge is 0.0622 e. The zero-order valence-electron chi connectivity index (χ0n) is 24.3. The molecule has 0 atom stereocenters. The van der Waals surface area contributed by atoms with Gasteiger partial charge in [-0.3, -0.25) is 0 Å². The van der Waals surface area contributed by atoms with Crippen molar-refractivity contribution in [1.82, 2.24) is 0 Å². The third kappa shape index (κ3) is 3.62. The maximum Gasteiger partial charge on any atom is 0.0159 e. The molecule has 1 aliphatic carbocycles. The lowest BCUT2D eigenvalue weighted by Gasteiger charge is -2.23. The lowest BCUT2D eigenvalue weighted by molar-refractivity contribution is 0.660. The first kappa shape index (κ1) is 24.8. The van der Waals surface area contributed by atoms with E-state index >= 15 is 0 Å². The predicted molar refractivity (Wildman–Crippen MR) is 180 cm³/mol. The van der Waals surface area contributed by atoms with E-state index in [4.69, 9.17) is 0 Å². The molecular weight excluding hydrogens is 504 g/mol. The molecule has 8 rings (SSSR count). The molecule has 0 N–H and O–H groups in total. The molecular formula is C42H32. The highest BCUT2D eigenvalue weighted by molar-refractivity contribution is 6.23. The molecule has 0 heteroatoms. The number of aryl methyl sites for hydroxylation is 1. The summed E-state index contributed by atoms with van der Waals surface area (Å²) in [5.74, 6) is 0. The second-order valence-electron chi connectivity index (χ2n) is 12.2. The molecule has 0 saturated carbocycles. The Labute approximate surface area is 247 Å². The molecule has 0 spiro atoms. The van der Waals surface area contributed by atoms with Crippen LogP contribution < -0.4 is 0 Å². The van der Waals surface area contributed by atoms with Crippen LogP contribution in [0.4, 0.5) is 0 Å². The minimum atomic E-state index is -0.0510. The number of fused-ring (bicyclic) bond motifs is 5. The molecule has 0 radical (unpaired) electrons. The van der Waals surface area contributed by atoms with Crippen molar-refractivity contribution in [3.8, 4) is 44.5 Å². The summed E-state index contributed by atoms with van der Waals surface area (Å²) >= 11 is 0. The van der Waals surface area contributed by atoms with Crippen molar-refractivity contribution in [3.63, 3.8) is 0 Å². The standard InChI is InChI=1S/C42H32/c1-27-20-22-29(23-21-27)39-31-14-7-8-15-32(31)40(36-26-30(24-25-33(36)39)28-12-5-4-6-13-28)35-17-11-19-38-41(35)34-16-9-10-18-37(34)42(38,2)3/h4-26H,1-3H3. The van der Waals surface area contributed by atoms with Gasteiger partial charge in [0.1, 0.15) is 0 Å². The van der Waals surface area contributed by atoms with Crippen molar-refractivity contribution < 1.29 is 0 Å². The van der Waals surface area contributed by atoms with Crippen molar-refractivity contribution in [3.05, 3.63) is 156 Å². The fourth-order valence-corrected chi connectivity index (χ4v) is 7.27. The maximum atomic E-state index is 2.43. The van der Waals surface area contributed by atoms with Gasteiger partial charge in [-0.25, -0.2) is 0 Å². The summed E-state index contributed by atoms with van der Waals surface area (Å²) in [6, 6.07) is 51.8. The Hall–Kier alpha value is -4.94. The average molecular weight is 537 g/mol. The monoisotopic (exact) mass is 536 g/mol. The molecule has 42 heavy (non-hydrogen) atoms. The second kappa shape index (κ2) is 9.29. The summed E-state index contributed by atoms with van der Waals surface area (Å²) in [6.07, 6.45) is 0. The third-order valence-corrected chi connectivity index (χ3v) is 9.35. The smallest absolute Gasteiger partial charge is 0.0159 e. The van der Waals surface area contributed by atoms with Gasteiger partial charge in [-0.2, -0.15) is 0 Å². The predicted octanol–water partition coefficient (Wildman–Crippen LogP) is 11.6. The topological polar surface area (TPSA) is 0 Å². The summed E-state index contributed by atoms with van der Waals surface area (Å²) in [6.45, 7) is 6.89. The highest BCUT2D eigenvalue weighted by Crippen LogP contribution is 2.54. The molecule has 0 bridgehead atoms. The van der Waals surface area contributed by atoms with Crippen molar-refractivity contribution in [2.45, 2.75) is 26.2 Å². The van der Waals surface area contributed by atoms with Crippen LogP contribution in [0.2, 0.25) is 0 Å². The van der Waals surface area contributed by atoms with Crippen LogP contribution in [-0.4, -0.2) is 0 Å². The summed E-state index contributed by atoms with van der Waals surface area (Å²) < 4.78 is 0. The molecule has 0 unspecified atom stereocenters. The van der Waals surface area contributed by atoms with Crippen LogP contribution in [0.3, 0.4) is 0 Å². The SMILES string of the molecule is Cc1ccc(-c2c3ccccc3c(-c3cccc4c3-c3ccccc3C4(C)C)c3cc(-c4ccccc4)ccc23)cc1. The van der Waals surface area contributed by atoms with Gasteiger partial charge >= 0.3 is 0 Å². The Morgan fingerprint density at radius 1 is 0.381 bits per heavy atom. The molecule has 0 aromatic heterocycles. The van der Waals surface area contributed by atoms with Crippen LogP contribution in [0, 0.1) is 6.92 Å². The van der Waals surface area contributed by atoms with Gasteiger partial charge in [0.2, 0.25) is 0 Å². The number of hydrogen-bond donors (Lipinski definition) is 0. The Balaban J connectivity index is 1.55. The highest BCUT2D eigenvalue weighted by atomic mass is 14.4. The third-order valence-electron chi connectivity index (χ3n) is 9.35. The van der Waals surface area contributed by atoms with E-state index in [2.05, 4.69) is 160 Å². The molecule has 0 nitrogen and oxygen atoms in total. The van der Waals surface area contributed by atoms with Gasteiger partial charge < -0.3 is 0 Å². The minimum Gasteiger partial charge on any atom is -0.0622 e. The van der Waals surface area contributed by atoms with Crippen LogP contribution in [0.1, 0.15) is 30.5 Å². The lowest BCUT2D eigenvalue weighted by atomic mass is 9.80. The summed E-state index contributed by atoms with van der Waals surface area (Å²) in [5.41, 5.74) is 14.4. The van der Waals surface area contributed by atoms with E-state index in [1.165, 1.54) is 82.7 Å². The van der Waals surface area contributed by atoms with Gasteiger partial charge in [0, 0.05) is 5.41 Å². The zero-order valence-corrected chi connectivity index (χ0v) is 24.3. The van der Waals surface area contributed by atoms with Gasteiger partial charge in [-0.15, -0.1) is 0 Å². The van der Waals surface area contributed by atoms with E-state index < -0.39 is 0 Å². The van der Waals surface area contributed by atoms with Crippen LogP contribution >= 0.6 is 0 Å². The first-order valence-electron chi connectivity index (χ1n) is 14.9. The van der Waals surface area contributed by atoms with E-state index in [-0.39, 0.29) is 5.41 Å². The Bertz CT molecular complexity index is 2140. The van der Waals surface area contributed by atoms with Gasteiger partial charge in [0.15, 0.2) is 0 Å². The Kier molecular flexibility index (Phi) is 5.49. The first-order chi connectivity index (χ1) is 20.5. The zero-order chi connectivity index (χ0) is 28.4. The molecule has 1 aliphatic rings. The van der Waals surface area contributed by atoms with Crippen LogP contribution in [0.25, 0.3) is 66.1 Å². The minimum absolute atomic E-state index is 0.0510. The van der Waals surface area contributed by atoms with Gasteiger partial charge in [-0.05, 0) is 90.2 Å². The van der Waals surface area contributed by atoms with Crippen molar-refractivity contribution in [2.24, 2.45) is 0 Å². The molecule has 200 valence electrons.